The van der Waals surface area contributed by atoms with Gasteiger partial charge in [-0.1, -0.05) is 12.1 Å². The lowest BCUT2D eigenvalue weighted by atomic mass is 9.95. The van der Waals surface area contributed by atoms with Gasteiger partial charge in [0.1, 0.15) is 0 Å². The van der Waals surface area contributed by atoms with E-state index in [2.05, 4.69) is 10.3 Å². The maximum Gasteiger partial charge on any atom is 0.193 e. The van der Waals surface area contributed by atoms with Gasteiger partial charge in [-0.15, -0.1) is 0 Å². The number of guanidine groups is 1. The van der Waals surface area contributed by atoms with Crippen molar-refractivity contribution in [3.63, 3.8) is 0 Å². The topological polar surface area (TPSA) is 79.9 Å². The Hall–Kier alpha value is -1.59. The van der Waals surface area contributed by atoms with Crippen molar-refractivity contribution in [2.24, 2.45) is 10.7 Å². The summed E-state index contributed by atoms with van der Waals surface area (Å²) < 4.78 is 5.23. The van der Waals surface area contributed by atoms with Crippen LogP contribution in [0, 0.1) is 6.92 Å². The Labute approximate surface area is 113 Å². The Morgan fingerprint density at radius 1 is 1.47 bits per heavy atom. The molecule has 104 valence electrons. The molecule has 0 spiro atoms. The predicted molar refractivity (Wildman–Crippen MR) is 76.3 cm³/mol. The Morgan fingerprint density at radius 2 is 2.21 bits per heavy atom. The number of nitrogens with two attached hydrogens (primary N) is 1. The summed E-state index contributed by atoms with van der Waals surface area (Å²) in [5.41, 5.74) is 7.10. The summed E-state index contributed by atoms with van der Waals surface area (Å²) in [4.78, 5) is 4.22. The highest BCUT2D eigenvalue weighted by Crippen LogP contribution is 2.20. The van der Waals surface area contributed by atoms with Crippen LogP contribution in [0.3, 0.4) is 0 Å². The van der Waals surface area contributed by atoms with Crippen LogP contribution >= 0.6 is 0 Å². The van der Waals surface area contributed by atoms with Gasteiger partial charge in [-0.2, -0.15) is 0 Å². The van der Waals surface area contributed by atoms with E-state index in [4.69, 9.17) is 10.5 Å². The number of benzene rings is 1. The van der Waals surface area contributed by atoms with E-state index in [-0.39, 0.29) is 0 Å². The molecule has 0 amide bonds. The summed E-state index contributed by atoms with van der Waals surface area (Å²) >= 11 is 0. The normalized spacial score (nSPS) is 19.2. The third-order valence-electron chi connectivity index (χ3n) is 3.26. The van der Waals surface area contributed by atoms with Crippen LogP contribution < -0.4 is 11.1 Å². The molecule has 5 nitrogen and oxygen atoms in total. The number of aliphatic hydroxyl groups is 1. The standard InChI is InChI=1S/C14H21N3O2/c1-11-3-2-4-12(9-11)17-13(15)16-10-14(18)5-7-19-8-6-14/h2-4,9,18H,5-8,10H2,1H3,(H3,15,16,17). The van der Waals surface area contributed by atoms with Gasteiger partial charge in [0.2, 0.25) is 0 Å². The van der Waals surface area contributed by atoms with Crippen LogP contribution in [0.1, 0.15) is 18.4 Å². The first kappa shape index (κ1) is 13.8. The van der Waals surface area contributed by atoms with E-state index in [1.807, 2.05) is 31.2 Å². The average Bonchev–Trinajstić information content (AvgIpc) is 2.38. The maximum atomic E-state index is 10.3. The second-order valence-electron chi connectivity index (χ2n) is 5.03. The van der Waals surface area contributed by atoms with Crippen molar-refractivity contribution in [1.82, 2.24) is 0 Å². The van der Waals surface area contributed by atoms with Gasteiger partial charge in [0.15, 0.2) is 5.96 Å². The third kappa shape index (κ3) is 4.22. The van der Waals surface area contributed by atoms with Gasteiger partial charge in [-0.3, -0.25) is 4.99 Å². The molecule has 0 radical (unpaired) electrons. The molecule has 0 saturated carbocycles. The van der Waals surface area contributed by atoms with Crippen LogP contribution in [-0.4, -0.2) is 36.4 Å². The molecule has 0 atom stereocenters. The van der Waals surface area contributed by atoms with Crippen LogP contribution in [0.5, 0.6) is 0 Å². The number of ether oxygens (including phenoxy) is 1. The quantitative estimate of drug-likeness (QED) is 0.566. The molecule has 1 fully saturated rings. The van der Waals surface area contributed by atoms with Crippen LogP contribution in [-0.2, 0) is 4.74 Å². The van der Waals surface area contributed by atoms with Crippen molar-refractivity contribution < 1.29 is 9.84 Å². The summed E-state index contributed by atoms with van der Waals surface area (Å²) in [5.74, 6) is 0.325. The van der Waals surface area contributed by atoms with Crippen LogP contribution in [0.25, 0.3) is 0 Å². The Balaban J connectivity index is 1.92. The number of nitrogens with zero attached hydrogens (tertiary/aromatic N) is 1. The number of nitrogens with one attached hydrogen (secondary N) is 1. The molecule has 1 heterocycles. The van der Waals surface area contributed by atoms with Gasteiger partial charge in [0, 0.05) is 31.7 Å². The van der Waals surface area contributed by atoms with E-state index in [0.29, 0.717) is 38.6 Å². The maximum absolute atomic E-state index is 10.3. The highest BCUT2D eigenvalue weighted by Gasteiger charge is 2.29. The Morgan fingerprint density at radius 3 is 2.89 bits per heavy atom. The first-order valence-electron chi connectivity index (χ1n) is 6.51. The highest BCUT2D eigenvalue weighted by molar-refractivity contribution is 5.92. The second kappa shape index (κ2) is 6.04. The lowest BCUT2D eigenvalue weighted by Gasteiger charge is -2.30. The molecular formula is C14H21N3O2. The zero-order chi connectivity index (χ0) is 13.7. The molecule has 0 aromatic heterocycles. The van der Waals surface area contributed by atoms with Crippen molar-refractivity contribution in [3.8, 4) is 0 Å². The number of rotatable bonds is 3. The predicted octanol–water partition coefficient (Wildman–Crippen LogP) is 1.26. The van der Waals surface area contributed by atoms with E-state index in [0.717, 1.165) is 11.3 Å². The van der Waals surface area contributed by atoms with Crippen molar-refractivity contribution in [3.05, 3.63) is 29.8 Å². The van der Waals surface area contributed by atoms with Gasteiger partial charge in [0.25, 0.3) is 0 Å². The molecule has 1 aliphatic heterocycles. The van der Waals surface area contributed by atoms with E-state index in [9.17, 15) is 5.11 Å². The van der Waals surface area contributed by atoms with E-state index in [1.54, 1.807) is 0 Å². The smallest absolute Gasteiger partial charge is 0.193 e. The minimum absolute atomic E-state index is 0.307. The van der Waals surface area contributed by atoms with Crippen molar-refractivity contribution in [1.29, 1.82) is 0 Å². The summed E-state index contributed by atoms with van der Waals surface area (Å²) in [6, 6.07) is 7.89. The largest absolute Gasteiger partial charge is 0.388 e. The molecule has 2 rings (SSSR count). The van der Waals surface area contributed by atoms with Gasteiger partial charge < -0.3 is 20.9 Å². The Kier molecular flexibility index (Phi) is 4.39. The van der Waals surface area contributed by atoms with E-state index in [1.165, 1.54) is 0 Å². The zero-order valence-corrected chi connectivity index (χ0v) is 11.2. The fourth-order valence-corrected chi connectivity index (χ4v) is 2.05. The van der Waals surface area contributed by atoms with Crippen molar-refractivity contribution >= 4 is 11.6 Å². The highest BCUT2D eigenvalue weighted by atomic mass is 16.5. The molecule has 1 aliphatic rings. The van der Waals surface area contributed by atoms with Crippen molar-refractivity contribution in [2.45, 2.75) is 25.4 Å². The lowest BCUT2D eigenvalue weighted by molar-refractivity contribution is -0.0565. The van der Waals surface area contributed by atoms with E-state index >= 15 is 0 Å². The molecule has 0 bridgehead atoms. The number of hydrogen-bond donors (Lipinski definition) is 3. The molecule has 0 unspecified atom stereocenters. The van der Waals surface area contributed by atoms with Gasteiger partial charge in [-0.25, -0.2) is 0 Å². The van der Waals surface area contributed by atoms with Crippen molar-refractivity contribution in [2.75, 3.05) is 25.1 Å². The fourth-order valence-electron chi connectivity index (χ4n) is 2.05. The third-order valence-corrected chi connectivity index (χ3v) is 3.26. The molecule has 1 aromatic rings. The van der Waals surface area contributed by atoms with Crippen LogP contribution in [0.15, 0.2) is 29.3 Å². The zero-order valence-electron chi connectivity index (χ0n) is 11.2. The molecule has 5 heteroatoms. The molecule has 4 N–H and O–H groups in total. The minimum atomic E-state index is -0.781. The SMILES string of the molecule is Cc1cccc(NC(N)=NCC2(O)CCOCC2)c1. The van der Waals surface area contributed by atoms with Crippen LogP contribution in [0.4, 0.5) is 5.69 Å². The molecular weight excluding hydrogens is 242 g/mol. The van der Waals surface area contributed by atoms with Crippen LogP contribution in [0.2, 0.25) is 0 Å². The molecule has 1 saturated heterocycles. The number of anilines is 1. The Bertz CT molecular complexity index is 454. The first-order valence-corrected chi connectivity index (χ1v) is 6.51. The number of aliphatic imine (C=N–C) groups is 1. The molecule has 0 aliphatic carbocycles. The minimum Gasteiger partial charge on any atom is -0.388 e. The van der Waals surface area contributed by atoms with Gasteiger partial charge in [0.05, 0.1) is 12.1 Å². The van der Waals surface area contributed by atoms with E-state index < -0.39 is 5.60 Å². The van der Waals surface area contributed by atoms with Gasteiger partial charge in [-0.05, 0) is 24.6 Å². The number of aryl methyl sites for hydroxylation is 1. The average molecular weight is 263 g/mol. The lowest BCUT2D eigenvalue weighted by Crippen LogP contribution is -2.40. The summed E-state index contributed by atoms with van der Waals surface area (Å²) in [6.07, 6.45) is 1.21. The summed E-state index contributed by atoms with van der Waals surface area (Å²) in [7, 11) is 0. The summed E-state index contributed by atoms with van der Waals surface area (Å²) in [5, 5.41) is 13.3. The summed E-state index contributed by atoms with van der Waals surface area (Å²) in [6.45, 7) is 3.48. The fraction of sp³-hybridized carbons (Fsp3) is 0.500. The van der Waals surface area contributed by atoms with Gasteiger partial charge >= 0.3 is 0 Å². The molecule has 1 aromatic carbocycles. The second-order valence-corrected chi connectivity index (χ2v) is 5.03. The number of hydrogen-bond acceptors (Lipinski definition) is 3. The monoisotopic (exact) mass is 263 g/mol. The molecule has 19 heavy (non-hydrogen) atoms. The first-order chi connectivity index (χ1) is 9.07.